The lowest BCUT2D eigenvalue weighted by atomic mass is 10.1. The highest BCUT2D eigenvalue weighted by atomic mass is 19.1. The molecule has 7 heteroatoms. The van der Waals surface area contributed by atoms with Crippen molar-refractivity contribution < 1.29 is 23.5 Å². The van der Waals surface area contributed by atoms with Crippen LogP contribution in [0.3, 0.4) is 0 Å². The number of hydrogen-bond donors (Lipinski definition) is 1. The molecule has 1 N–H and O–H groups in total. The highest BCUT2D eigenvalue weighted by Gasteiger charge is 2.13. The van der Waals surface area contributed by atoms with E-state index in [2.05, 4.69) is 15.0 Å². The molecule has 0 fully saturated rings. The van der Waals surface area contributed by atoms with Gasteiger partial charge in [-0.15, -0.1) is 0 Å². The molecule has 0 saturated carbocycles. The summed E-state index contributed by atoms with van der Waals surface area (Å²) in [6.45, 7) is -0.274. The van der Waals surface area contributed by atoms with Crippen molar-refractivity contribution in [2.75, 3.05) is 19.0 Å². The highest BCUT2D eigenvalue weighted by Crippen LogP contribution is 2.32. The lowest BCUT2D eigenvalue weighted by Crippen LogP contribution is -2.13. The third-order valence-electron chi connectivity index (χ3n) is 4.76. The van der Waals surface area contributed by atoms with E-state index in [9.17, 15) is 14.0 Å². The summed E-state index contributed by atoms with van der Waals surface area (Å²) < 4.78 is 23.8. The summed E-state index contributed by atoms with van der Waals surface area (Å²) in [4.78, 5) is 28.8. The fourth-order valence-corrected chi connectivity index (χ4v) is 3.18. The minimum atomic E-state index is -0.521. The molecule has 1 aromatic heterocycles. The molecule has 3 aromatic carbocycles. The number of aromatic nitrogens is 1. The summed E-state index contributed by atoms with van der Waals surface area (Å²) in [5, 5.41) is 3.35. The Labute approximate surface area is 183 Å². The maximum absolute atomic E-state index is 13.4. The summed E-state index contributed by atoms with van der Waals surface area (Å²) in [6, 6.07) is 21.9. The largest absolute Gasteiger partial charge is 0.481 e. The molecule has 0 bridgehead atoms. The standard InChI is InChI=1S/C25H19FN2O4/c1-31-24(29)15-32-23-14-22(16-6-3-2-4-7-16)28-21-11-10-19(13-20(21)23)27-25(30)17-8-5-9-18(26)12-17/h2-14H,15H2,1H3,(H,27,30). The minimum absolute atomic E-state index is 0.199. The van der Waals surface area contributed by atoms with Crippen LogP contribution in [0.1, 0.15) is 10.4 Å². The van der Waals surface area contributed by atoms with E-state index in [1.165, 1.54) is 25.3 Å². The number of rotatable bonds is 6. The van der Waals surface area contributed by atoms with E-state index in [-0.39, 0.29) is 12.2 Å². The molecule has 0 aliphatic heterocycles. The molecule has 32 heavy (non-hydrogen) atoms. The zero-order chi connectivity index (χ0) is 22.5. The van der Waals surface area contributed by atoms with Crippen LogP contribution in [0, 0.1) is 5.82 Å². The van der Waals surface area contributed by atoms with Gasteiger partial charge < -0.3 is 14.8 Å². The number of methoxy groups -OCH3 is 1. The molecule has 4 rings (SSSR count). The Hall–Kier alpha value is -4.26. The van der Waals surface area contributed by atoms with E-state index in [0.717, 1.165) is 11.6 Å². The predicted octanol–water partition coefficient (Wildman–Crippen LogP) is 4.85. The first-order valence-electron chi connectivity index (χ1n) is 9.80. The highest BCUT2D eigenvalue weighted by molar-refractivity contribution is 6.05. The van der Waals surface area contributed by atoms with Crippen molar-refractivity contribution in [3.63, 3.8) is 0 Å². The van der Waals surface area contributed by atoms with Gasteiger partial charge in [0.25, 0.3) is 5.91 Å². The molecule has 0 aliphatic rings. The van der Waals surface area contributed by atoms with Gasteiger partial charge in [-0.05, 0) is 36.4 Å². The van der Waals surface area contributed by atoms with Crippen molar-refractivity contribution in [2.24, 2.45) is 0 Å². The van der Waals surface area contributed by atoms with Gasteiger partial charge in [0.15, 0.2) is 6.61 Å². The fraction of sp³-hybridized carbons (Fsp3) is 0.0800. The summed E-state index contributed by atoms with van der Waals surface area (Å²) in [5.41, 5.74) is 2.86. The summed E-state index contributed by atoms with van der Waals surface area (Å²) in [5.74, 6) is -1.05. The zero-order valence-corrected chi connectivity index (χ0v) is 17.2. The minimum Gasteiger partial charge on any atom is -0.481 e. The molecule has 4 aromatic rings. The van der Waals surface area contributed by atoms with Gasteiger partial charge in [-0.25, -0.2) is 14.2 Å². The number of hydrogen-bond acceptors (Lipinski definition) is 5. The normalized spacial score (nSPS) is 10.6. The van der Waals surface area contributed by atoms with Crippen molar-refractivity contribution in [2.45, 2.75) is 0 Å². The summed E-state index contributed by atoms with van der Waals surface area (Å²) >= 11 is 0. The summed E-state index contributed by atoms with van der Waals surface area (Å²) in [6.07, 6.45) is 0. The first-order valence-corrected chi connectivity index (χ1v) is 9.80. The molecule has 1 heterocycles. The number of halogens is 1. The second kappa shape index (κ2) is 9.26. The molecule has 160 valence electrons. The maximum Gasteiger partial charge on any atom is 0.343 e. The first kappa shape index (κ1) is 21.0. The van der Waals surface area contributed by atoms with E-state index in [0.29, 0.717) is 28.0 Å². The van der Waals surface area contributed by atoms with Gasteiger partial charge in [0.05, 0.1) is 18.3 Å². The van der Waals surface area contributed by atoms with E-state index in [1.54, 1.807) is 24.3 Å². The Balaban J connectivity index is 1.71. The topological polar surface area (TPSA) is 77.5 Å². The van der Waals surface area contributed by atoms with Gasteiger partial charge in [-0.2, -0.15) is 0 Å². The number of nitrogens with zero attached hydrogens (tertiary/aromatic N) is 1. The molecule has 0 unspecified atom stereocenters. The number of esters is 1. The fourth-order valence-electron chi connectivity index (χ4n) is 3.18. The number of benzene rings is 3. The number of ether oxygens (including phenoxy) is 2. The maximum atomic E-state index is 13.4. The van der Waals surface area contributed by atoms with Crippen molar-refractivity contribution in [3.8, 4) is 17.0 Å². The average Bonchev–Trinajstić information content (AvgIpc) is 2.82. The number of pyridine rings is 1. The van der Waals surface area contributed by atoms with Crippen molar-refractivity contribution in [1.29, 1.82) is 0 Å². The van der Waals surface area contributed by atoms with Gasteiger partial charge in [0.1, 0.15) is 11.6 Å². The number of carbonyl (C=O) groups is 2. The van der Waals surface area contributed by atoms with E-state index in [4.69, 9.17) is 4.74 Å². The second-order valence-electron chi connectivity index (χ2n) is 6.93. The number of amides is 1. The predicted molar refractivity (Wildman–Crippen MR) is 119 cm³/mol. The van der Waals surface area contributed by atoms with Crippen molar-refractivity contribution in [1.82, 2.24) is 4.98 Å². The second-order valence-corrected chi connectivity index (χ2v) is 6.93. The molecule has 0 atom stereocenters. The number of anilines is 1. The number of fused-ring (bicyclic) bond motifs is 1. The van der Waals surface area contributed by atoms with Crippen LogP contribution >= 0.6 is 0 Å². The molecular weight excluding hydrogens is 411 g/mol. The van der Waals surface area contributed by atoms with Gasteiger partial charge >= 0.3 is 5.97 Å². The van der Waals surface area contributed by atoms with Crippen molar-refractivity contribution in [3.05, 3.63) is 90.2 Å². The Morgan fingerprint density at radius 2 is 1.78 bits per heavy atom. The van der Waals surface area contributed by atoms with Gasteiger partial charge in [0, 0.05) is 28.3 Å². The van der Waals surface area contributed by atoms with Gasteiger partial charge in [-0.3, -0.25) is 4.79 Å². The Bertz CT molecular complexity index is 1290. The number of carbonyl (C=O) groups excluding carboxylic acids is 2. The van der Waals surface area contributed by atoms with Crippen LogP contribution in [0.25, 0.3) is 22.2 Å². The molecule has 0 spiro atoms. The molecule has 1 amide bonds. The van der Waals surface area contributed by atoms with Gasteiger partial charge in [-0.1, -0.05) is 36.4 Å². The Kier molecular flexibility index (Phi) is 6.07. The van der Waals surface area contributed by atoms with Crippen LogP contribution < -0.4 is 10.1 Å². The monoisotopic (exact) mass is 430 g/mol. The lowest BCUT2D eigenvalue weighted by molar-refractivity contribution is -0.142. The first-order chi connectivity index (χ1) is 15.5. The molecule has 0 aliphatic carbocycles. The van der Waals surface area contributed by atoms with Crippen LogP contribution in [-0.2, 0) is 9.53 Å². The van der Waals surface area contributed by atoms with Crippen LogP contribution in [0.15, 0.2) is 78.9 Å². The number of nitrogens with one attached hydrogen (secondary N) is 1. The quantitative estimate of drug-likeness (QED) is 0.443. The average molecular weight is 430 g/mol. The third kappa shape index (κ3) is 4.73. The Morgan fingerprint density at radius 3 is 2.53 bits per heavy atom. The lowest BCUT2D eigenvalue weighted by Gasteiger charge is -2.13. The SMILES string of the molecule is COC(=O)COc1cc(-c2ccccc2)nc2ccc(NC(=O)c3cccc(F)c3)cc12. The van der Waals surface area contributed by atoms with Crippen LogP contribution in [-0.4, -0.2) is 30.6 Å². The van der Waals surface area contributed by atoms with E-state index >= 15 is 0 Å². The van der Waals surface area contributed by atoms with E-state index in [1.807, 2.05) is 30.3 Å². The third-order valence-corrected chi connectivity index (χ3v) is 4.76. The van der Waals surface area contributed by atoms with Crippen molar-refractivity contribution >= 4 is 28.5 Å². The van der Waals surface area contributed by atoms with E-state index < -0.39 is 17.7 Å². The molecule has 0 saturated heterocycles. The molecule has 6 nitrogen and oxygen atoms in total. The van der Waals surface area contributed by atoms with Gasteiger partial charge in [0.2, 0.25) is 0 Å². The Morgan fingerprint density at radius 1 is 0.969 bits per heavy atom. The van der Waals surface area contributed by atoms with Crippen LogP contribution in [0.4, 0.5) is 10.1 Å². The van der Waals surface area contributed by atoms with Crippen LogP contribution in [0.5, 0.6) is 5.75 Å². The molecule has 0 radical (unpaired) electrons. The summed E-state index contributed by atoms with van der Waals surface area (Å²) in [7, 11) is 1.28. The zero-order valence-electron chi connectivity index (χ0n) is 17.2. The molecular formula is C25H19FN2O4. The smallest absolute Gasteiger partial charge is 0.343 e. The van der Waals surface area contributed by atoms with Crippen LogP contribution in [0.2, 0.25) is 0 Å².